The molecule has 5 amide bonds. The molecule has 51 heavy (non-hydrogen) atoms. The molecule has 0 bridgehead atoms. The molecule has 0 unspecified atom stereocenters. The first kappa shape index (κ1) is 39.1. The molecule has 4 rings (SSSR count). The summed E-state index contributed by atoms with van der Waals surface area (Å²) in [5.74, 6) is -0.157. The number of amides is 5. The van der Waals surface area contributed by atoms with E-state index >= 15 is 0 Å². The minimum absolute atomic E-state index is 0.117. The van der Waals surface area contributed by atoms with Crippen molar-refractivity contribution >= 4 is 29.9 Å². The summed E-state index contributed by atoms with van der Waals surface area (Å²) in [5, 5.41) is 11.9. The molecule has 0 spiro atoms. The minimum atomic E-state index is -1.19. The molecular formula is C36H54N8O7. The molecule has 2 fully saturated rings. The number of hydrogen-bond donors (Lipinski definition) is 4. The zero-order chi connectivity index (χ0) is 37.6. The number of carbonyl (C=O) groups excluding carboxylic acids is 4. The third-order valence-electron chi connectivity index (χ3n) is 8.50. The van der Waals surface area contributed by atoms with Crippen LogP contribution >= 0.6 is 0 Å². The first-order chi connectivity index (χ1) is 23.8. The lowest BCUT2D eigenvalue weighted by atomic mass is 9.91. The lowest BCUT2D eigenvalue weighted by Crippen LogP contribution is -2.60. The Labute approximate surface area is 299 Å². The summed E-state index contributed by atoms with van der Waals surface area (Å²) in [5.41, 5.74) is -1.22. The van der Waals surface area contributed by atoms with Crippen molar-refractivity contribution in [1.82, 2.24) is 35.3 Å². The summed E-state index contributed by atoms with van der Waals surface area (Å²) in [6, 6.07) is 9.22. The number of benzene rings is 1. The van der Waals surface area contributed by atoms with E-state index in [4.69, 9.17) is 9.47 Å². The number of nitrogens with zero attached hydrogens (tertiary/aromatic N) is 4. The Kier molecular flexibility index (Phi) is 12.4. The number of anilines is 1. The van der Waals surface area contributed by atoms with Crippen molar-refractivity contribution in [2.75, 3.05) is 31.5 Å². The van der Waals surface area contributed by atoms with E-state index < -0.39 is 34.6 Å². The lowest BCUT2D eigenvalue weighted by molar-refractivity contribution is -0.138. The maximum absolute atomic E-state index is 13.1. The highest BCUT2D eigenvalue weighted by Crippen LogP contribution is 2.20. The number of hydrogen-bond acceptors (Lipinski definition) is 9. The molecule has 2 aromatic rings. The van der Waals surface area contributed by atoms with Crippen molar-refractivity contribution in [3.63, 3.8) is 0 Å². The van der Waals surface area contributed by atoms with Gasteiger partial charge in [-0.1, -0.05) is 12.1 Å². The summed E-state index contributed by atoms with van der Waals surface area (Å²) < 4.78 is 12.1. The van der Waals surface area contributed by atoms with Gasteiger partial charge < -0.3 is 35.2 Å². The zero-order valence-electron chi connectivity index (χ0n) is 31.1. The number of alkyl carbamates (subject to hydrolysis) is 2. The van der Waals surface area contributed by atoms with E-state index in [1.807, 2.05) is 45.0 Å². The third-order valence-corrected chi connectivity index (χ3v) is 8.50. The molecular weight excluding hydrogens is 656 g/mol. The third kappa shape index (κ3) is 12.0. The van der Waals surface area contributed by atoms with Gasteiger partial charge in [-0.25, -0.2) is 19.2 Å². The first-order valence-electron chi connectivity index (χ1n) is 17.6. The largest absolute Gasteiger partial charge is 0.444 e. The van der Waals surface area contributed by atoms with Crippen molar-refractivity contribution in [3.8, 4) is 5.69 Å². The van der Waals surface area contributed by atoms with Crippen LogP contribution in [0, 0.1) is 0 Å². The van der Waals surface area contributed by atoms with Crippen LogP contribution in [0.5, 0.6) is 0 Å². The first-order valence-corrected chi connectivity index (χ1v) is 17.6. The molecule has 280 valence electrons. The number of aromatic nitrogens is 2. The van der Waals surface area contributed by atoms with E-state index in [9.17, 15) is 24.0 Å². The molecule has 1 saturated carbocycles. The van der Waals surface area contributed by atoms with Crippen LogP contribution in [0.25, 0.3) is 5.69 Å². The van der Waals surface area contributed by atoms with Gasteiger partial charge in [0.25, 0.3) is 0 Å². The Hall–Kier alpha value is -4.66. The van der Waals surface area contributed by atoms with Crippen molar-refractivity contribution < 1.29 is 28.7 Å². The van der Waals surface area contributed by atoms with Gasteiger partial charge in [0.05, 0.1) is 5.69 Å². The summed E-state index contributed by atoms with van der Waals surface area (Å²) >= 11 is 0. The average Bonchev–Trinajstić information content (AvgIpc) is 3.02. The fourth-order valence-electron chi connectivity index (χ4n) is 5.93. The Morgan fingerprint density at radius 2 is 1.31 bits per heavy atom. The van der Waals surface area contributed by atoms with Gasteiger partial charge in [-0.2, -0.15) is 4.98 Å². The monoisotopic (exact) mass is 710 g/mol. The maximum atomic E-state index is 13.1. The average molecular weight is 711 g/mol. The fraction of sp³-hybridized carbons (Fsp3) is 0.611. The van der Waals surface area contributed by atoms with Gasteiger partial charge >= 0.3 is 23.9 Å². The quantitative estimate of drug-likeness (QED) is 0.314. The van der Waals surface area contributed by atoms with E-state index in [1.165, 1.54) is 4.57 Å². The molecule has 1 saturated heterocycles. The van der Waals surface area contributed by atoms with Crippen molar-refractivity contribution in [2.24, 2.45) is 0 Å². The number of urea groups is 1. The van der Waals surface area contributed by atoms with E-state index in [2.05, 4.69) is 26.3 Å². The Bertz CT molecular complexity index is 1590. The predicted octanol–water partition coefficient (Wildman–Crippen LogP) is 4.14. The summed E-state index contributed by atoms with van der Waals surface area (Å²) in [6.07, 6.45) is 4.19. The standard InChI is InChI=1S/C36H54N8O7/c1-34(2,3)50-32(48)38-26-13-11-25(12-14-26)37-23-24-9-15-27(16-10-24)44-18-17-28(40-31(44)47)39-30(46)43-21-19-42(20-22-43)29(45)36(7,8)41-33(49)51-35(4,5)6/h9-10,15-18,25-26,37H,11-14,19-23H2,1-8H3,(H,38,48)(H,41,49)(H,39,40,46,47). The Morgan fingerprint density at radius 3 is 1.88 bits per heavy atom. The maximum Gasteiger partial charge on any atom is 0.408 e. The second-order valence-electron chi connectivity index (χ2n) is 15.7. The number of ether oxygens (including phenoxy) is 2. The molecule has 0 atom stereocenters. The van der Waals surface area contributed by atoms with E-state index in [0.29, 0.717) is 18.3 Å². The molecule has 15 heteroatoms. The van der Waals surface area contributed by atoms with Gasteiger partial charge in [0, 0.05) is 51.0 Å². The summed E-state index contributed by atoms with van der Waals surface area (Å²) in [6.45, 7) is 15.8. The van der Waals surface area contributed by atoms with Gasteiger partial charge in [-0.3, -0.25) is 14.7 Å². The number of rotatable bonds is 8. The van der Waals surface area contributed by atoms with Crippen LogP contribution in [0.15, 0.2) is 41.3 Å². The highest BCUT2D eigenvalue weighted by atomic mass is 16.6. The molecule has 2 heterocycles. The molecule has 15 nitrogen and oxygen atoms in total. The molecule has 1 aliphatic heterocycles. The zero-order valence-corrected chi connectivity index (χ0v) is 31.1. The molecule has 4 N–H and O–H groups in total. The Balaban J connectivity index is 1.21. The lowest BCUT2D eigenvalue weighted by Gasteiger charge is -2.38. The van der Waals surface area contributed by atoms with Crippen LogP contribution in [-0.2, 0) is 20.8 Å². The van der Waals surface area contributed by atoms with Gasteiger partial charge in [0.2, 0.25) is 5.91 Å². The Morgan fingerprint density at radius 1 is 0.765 bits per heavy atom. The predicted molar refractivity (Wildman–Crippen MR) is 193 cm³/mol. The van der Waals surface area contributed by atoms with Crippen LogP contribution in [0.4, 0.5) is 20.2 Å². The second-order valence-corrected chi connectivity index (χ2v) is 15.7. The van der Waals surface area contributed by atoms with Gasteiger partial charge in [-0.05, 0) is 105 Å². The minimum Gasteiger partial charge on any atom is -0.444 e. The number of carbonyl (C=O) groups is 4. The van der Waals surface area contributed by atoms with Crippen LogP contribution < -0.4 is 27.0 Å². The number of piperazine rings is 1. The molecule has 1 aromatic heterocycles. The van der Waals surface area contributed by atoms with Gasteiger partial charge in [0.15, 0.2) is 0 Å². The van der Waals surface area contributed by atoms with Crippen LogP contribution in [-0.4, -0.2) is 98.5 Å². The fourth-order valence-corrected chi connectivity index (χ4v) is 5.93. The second kappa shape index (κ2) is 16.1. The smallest absolute Gasteiger partial charge is 0.408 e. The van der Waals surface area contributed by atoms with Gasteiger partial charge in [-0.15, -0.1) is 0 Å². The summed E-state index contributed by atoms with van der Waals surface area (Å²) in [7, 11) is 0. The van der Waals surface area contributed by atoms with Crippen LogP contribution in [0.3, 0.4) is 0 Å². The summed E-state index contributed by atoms with van der Waals surface area (Å²) in [4.78, 5) is 70.5. The van der Waals surface area contributed by atoms with E-state index in [0.717, 1.165) is 31.2 Å². The van der Waals surface area contributed by atoms with Gasteiger partial charge in [0.1, 0.15) is 22.6 Å². The molecule has 1 aromatic carbocycles. The van der Waals surface area contributed by atoms with E-state index in [-0.39, 0.29) is 50.0 Å². The van der Waals surface area contributed by atoms with Crippen LogP contribution in [0.1, 0.15) is 86.6 Å². The highest BCUT2D eigenvalue weighted by Gasteiger charge is 2.37. The SMILES string of the molecule is CC(C)(C)OC(=O)NC1CCC(NCc2ccc(-n3ccc(NC(=O)N4CCN(C(=O)C(C)(C)NC(=O)OC(C)(C)C)CC4)nc3=O)cc2)CC1. The topological polar surface area (TPSA) is 176 Å². The van der Waals surface area contributed by atoms with Crippen molar-refractivity contribution in [2.45, 2.75) is 116 Å². The normalized spacial score (nSPS) is 18.4. The molecule has 0 radical (unpaired) electrons. The molecule has 1 aliphatic carbocycles. The van der Waals surface area contributed by atoms with Crippen molar-refractivity contribution in [1.29, 1.82) is 0 Å². The van der Waals surface area contributed by atoms with Crippen molar-refractivity contribution in [3.05, 3.63) is 52.6 Å². The number of nitrogens with one attached hydrogen (secondary N) is 4. The van der Waals surface area contributed by atoms with Crippen LogP contribution in [0.2, 0.25) is 0 Å². The van der Waals surface area contributed by atoms with E-state index in [1.54, 1.807) is 56.7 Å². The molecule has 2 aliphatic rings. The highest BCUT2D eigenvalue weighted by molar-refractivity contribution is 5.90.